The van der Waals surface area contributed by atoms with E-state index >= 15 is 0 Å². The topological polar surface area (TPSA) is 67.8 Å². The highest BCUT2D eigenvalue weighted by Crippen LogP contribution is 2.35. The van der Waals surface area contributed by atoms with Crippen molar-refractivity contribution in [2.75, 3.05) is 43.2 Å². The largest absolute Gasteiger partial charge is 0.497 e. The second kappa shape index (κ2) is 6.58. The van der Waals surface area contributed by atoms with Crippen LogP contribution in [0.2, 0.25) is 0 Å². The van der Waals surface area contributed by atoms with E-state index in [1.807, 2.05) is 12.1 Å². The number of hydrogen-bond acceptors (Lipinski definition) is 6. The van der Waals surface area contributed by atoms with Gasteiger partial charge in [0.15, 0.2) is 0 Å². The van der Waals surface area contributed by atoms with E-state index in [0.717, 1.165) is 37.4 Å². The maximum atomic E-state index is 13.0. The summed E-state index contributed by atoms with van der Waals surface area (Å²) < 4.78 is 10.9. The zero-order valence-corrected chi connectivity index (χ0v) is 14.1. The Bertz CT molecular complexity index is 790. The summed E-state index contributed by atoms with van der Waals surface area (Å²) in [6.07, 6.45) is 5.55. The molecular weight excluding hydrogens is 320 g/mol. The van der Waals surface area contributed by atoms with Gasteiger partial charge in [-0.1, -0.05) is 0 Å². The molecule has 0 saturated carbocycles. The van der Waals surface area contributed by atoms with Crippen LogP contribution in [0.4, 0.5) is 11.5 Å². The standard InChI is InChI=1S/C18H20N4O3/c1-24-13-4-5-15-16(10-13)25-9-8-22(15)18(23)14-11-19-12-17(20-14)21-6-2-3-7-21/h4-5,10-12H,2-3,6-9H2,1H3. The van der Waals surface area contributed by atoms with E-state index in [-0.39, 0.29) is 5.91 Å². The molecule has 1 fully saturated rings. The first kappa shape index (κ1) is 15.7. The van der Waals surface area contributed by atoms with Gasteiger partial charge < -0.3 is 19.3 Å². The van der Waals surface area contributed by atoms with Gasteiger partial charge in [0.05, 0.1) is 31.7 Å². The highest BCUT2D eigenvalue weighted by Gasteiger charge is 2.27. The molecule has 7 heteroatoms. The molecular formula is C18H20N4O3. The first-order valence-electron chi connectivity index (χ1n) is 8.46. The van der Waals surface area contributed by atoms with Crippen LogP contribution in [0, 0.1) is 0 Å². The van der Waals surface area contributed by atoms with E-state index in [1.165, 1.54) is 6.20 Å². The number of ether oxygens (including phenoxy) is 2. The molecule has 0 N–H and O–H groups in total. The number of anilines is 2. The predicted molar refractivity (Wildman–Crippen MR) is 93.6 cm³/mol. The van der Waals surface area contributed by atoms with Gasteiger partial charge in [-0.3, -0.25) is 9.78 Å². The summed E-state index contributed by atoms with van der Waals surface area (Å²) in [5, 5.41) is 0. The average Bonchev–Trinajstić information content (AvgIpc) is 3.21. The summed E-state index contributed by atoms with van der Waals surface area (Å²) in [6, 6.07) is 5.45. The van der Waals surface area contributed by atoms with Crippen LogP contribution in [0.25, 0.3) is 0 Å². The Labute approximate surface area is 146 Å². The van der Waals surface area contributed by atoms with Crippen molar-refractivity contribution in [1.29, 1.82) is 0 Å². The maximum absolute atomic E-state index is 13.0. The number of methoxy groups -OCH3 is 1. The van der Waals surface area contributed by atoms with Crippen molar-refractivity contribution in [2.45, 2.75) is 12.8 Å². The first-order valence-corrected chi connectivity index (χ1v) is 8.46. The predicted octanol–water partition coefficient (Wildman–Crippen LogP) is 2.12. The number of rotatable bonds is 3. The number of hydrogen-bond donors (Lipinski definition) is 0. The van der Waals surface area contributed by atoms with Gasteiger partial charge in [-0.2, -0.15) is 0 Å². The monoisotopic (exact) mass is 340 g/mol. The van der Waals surface area contributed by atoms with Gasteiger partial charge in [0, 0.05) is 19.2 Å². The molecule has 25 heavy (non-hydrogen) atoms. The summed E-state index contributed by atoms with van der Waals surface area (Å²) in [5.41, 5.74) is 1.08. The lowest BCUT2D eigenvalue weighted by Gasteiger charge is -2.29. The second-order valence-corrected chi connectivity index (χ2v) is 6.10. The van der Waals surface area contributed by atoms with Crippen LogP contribution in [0.5, 0.6) is 11.5 Å². The highest BCUT2D eigenvalue weighted by molar-refractivity contribution is 6.06. The maximum Gasteiger partial charge on any atom is 0.278 e. The normalized spacial score (nSPS) is 16.4. The molecule has 0 aliphatic carbocycles. The zero-order chi connectivity index (χ0) is 17.2. The van der Waals surface area contributed by atoms with Crippen LogP contribution < -0.4 is 19.3 Å². The molecule has 0 radical (unpaired) electrons. The van der Waals surface area contributed by atoms with E-state index < -0.39 is 0 Å². The van der Waals surface area contributed by atoms with E-state index in [9.17, 15) is 4.79 Å². The summed E-state index contributed by atoms with van der Waals surface area (Å²) in [7, 11) is 1.60. The molecule has 3 heterocycles. The van der Waals surface area contributed by atoms with Gasteiger partial charge in [0.2, 0.25) is 0 Å². The molecule has 1 aromatic heterocycles. The number of aromatic nitrogens is 2. The lowest BCUT2D eigenvalue weighted by molar-refractivity contribution is 0.0971. The van der Waals surface area contributed by atoms with Gasteiger partial charge in [0.25, 0.3) is 5.91 Å². The third kappa shape index (κ3) is 2.97. The van der Waals surface area contributed by atoms with Crippen molar-refractivity contribution in [3.8, 4) is 11.5 Å². The summed E-state index contributed by atoms with van der Waals surface area (Å²) in [6.45, 7) is 2.85. The van der Waals surface area contributed by atoms with E-state index in [1.54, 1.807) is 24.3 Å². The minimum Gasteiger partial charge on any atom is -0.497 e. The Kier molecular flexibility index (Phi) is 4.13. The molecule has 0 spiro atoms. The minimum atomic E-state index is -0.164. The van der Waals surface area contributed by atoms with Gasteiger partial charge in [-0.05, 0) is 25.0 Å². The average molecular weight is 340 g/mol. The van der Waals surface area contributed by atoms with Crippen LogP contribution in [0.1, 0.15) is 23.3 Å². The van der Waals surface area contributed by atoms with Crippen molar-refractivity contribution >= 4 is 17.4 Å². The lowest BCUT2D eigenvalue weighted by Crippen LogP contribution is -2.38. The Morgan fingerprint density at radius 2 is 2.04 bits per heavy atom. The molecule has 130 valence electrons. The molecule has 4 rings (SSSR count). The fraction of sp³-hybridized carbons (Fsp3) is 0.389. The van der Waals surface area contributed by atoms with Crippen molar-refractivity contribution in [3.05, 3.63) is 36.3 Å². The minimum absolute atomic E-state index is 0.164. The van der Waals surface area contributed by atoms with Gasteiger partial charge in [-0.25, -0.2) is 4.98 Å². The molecule has 2 aromatic rings. The number of carbonyl (C=O) groups excluding carboxylic acids is 1. The summed E-state index contributed by atoms with van der Waals surface area (Å²) in [4.78, 5) is 25.6. The van der Waals surface area contributed by atoms with E-state index in [0.29, 0.717) is 30.3 Å². The summed E-state index contributed by atoms with van der Waals surface area (Å²) >= 11 is 0. The molecule has 7 nitrogen and oxygen atoms in total. The Morgan fingerprint density at radius 1 is 1.20 bits per heavy atom. The molecule has 2 aliphatic rings. The number of benzene rings is 1. The smallest absolute Gasteiger partial charge is 0.278 e. The summed E-state index contributed by atoms with van der Waals surface area (Å²) in [5.74, 6) is 1.95. The van der Waals surface area contributed by atoms with Crippen LogP contribution in [-0.4, -0.2) is 49.2 Å². The third-order valence-corrected chi connectivity index (χ3v) is 4.55. The Hall–Kier alpha value is -2.83. The SMILES string of the molecule is COc1ccc2c(c1)OCCN2C(=O)c1cncc(N2CCCC2)n1. The van der Waals surface area contributed by atoms with Crippen molar-refractivity contribution in [2.24, 2.45) is 0 Å². The molecule has 0 atom stereocenters. The van der Waals surface area contributed by atoms with Crippen molar-refractivity contribution < 1.29 is 14.3 Å². The fourth-order valence-corrected chi connectivity index (χ4v) is 3.23. The molecule has 2 aliphatic heterocycles. The van der Waals surface area contributed by atoms with E-state index in [4.69, 9.17) is 9.47 Å². The van der Waals surface area contributed by atoms with Crippen LogP contribution >= 0.6 is 0 Å². The quantitative estimate of drug-likeness (QED) is 0.853. The van der Waals surface area contributed by atoms with Gasteiger partial charge in [0.1, 0.15) is 29.6 Å². The molecule has 1 aromatic carbocycles. The number of nitrogens with zero attached hydrogens (tertiary/aromatic N) is 4. The second-order valence-electron chi connectivity index (χ2n) is 6.10. The Morgan fingerprint density at radius 3 is 2.84 bits per heavy atom. The van der Waals surface area contributed by atoms with Crippen LogP contribution in [0.15, 0.2) is 30.6 Å². The number of fused-ring (bicyclic) bond motifs is 1. The fourth-order valence-electron chi connectivity index (χ4n) is 3.23. The molecule has 0 bridgehead atoms. The number of carbonyl (C=O) groups is 1. The highest BCUT2D eigenvalue weighted by atomic mass is 16.5. The molecule has 1 amide bonds. The van der Waals surface area contributed by atoms with Gasteiger partial charge in [-0.15, -0.1) is 0 Å². The van der Waals surface area contributed by atoms with Crippen molar-refractivity contribution in [1.82, 2.24) is 9.97 Å². The molecule has 1 saturated heterocycles. The molecule has 0 unspecified atom stereocenters. The van der Waals surface area contributed by atoms with Crippen LogP contribution in [-0.2, 0) is 0 Å². The van der Waals surface area contributed by atoms with E-state index in [2.05, 4.69) is 14.9 Å². The number of amides is 1. The zero-order valence-electron chi connectivity index (χ0n) is 14.1. The lowest BCUT2D eigenvalue weighted by atomic mass is 10.2. The van der Waals surface area contributed by atoms with Crippen LogP contribution in [0.3, 0.4) is 0 Å². The third-order valence-electron chi connectivity index (χ3n) is 4.55. The van der Waals surface area contributed by atoms with Crippen molar-refractivity contribution in [3.63, 3.8) is 0 Å². The first-order chi connectivity index (χ1) is 12.3. The van der Waals surface area contributed by atoms with Gasteiger partial charge >= 0.3 is 0 Å². The Balaban J connectivity index is 1.63.